The standard InChI is InChI=1S/C21H22F5N3OS2/c1-10(2)6-5-7-11(3)8-9-31-21-29-28-20(32-21)27-19(30)12(4)13-14(22)16(24)18(26)17(25)15(13)23/h6,8,12H,5,7,9H2,1-4H3,(H,27,28,30)/b11-8+. The Bertz CT molecular complexity index is 1020. The largest absolute Gasteiger partial charge is 0.300 e. The van der Waals surface area contributed by atoms with Crippen LogP contribution in [0.25, 0.3) is 0 Å². The van der Waals surface area contributed by atoms with Crippen molar-refractivity contribution in [1.29, 1.82) is 0 Å². The minimum atomic E-state index is -2.27. The fourth-order valence-electron chi connectivity index (χ4n) is 2.61. The van der Waals surface area contributed by atoms with E-state index in [1.807, 2.05) is 20.8 Å². The summed E-state index contributed by atoms with van der Waals surface area (Å²) in [4.78, 5) is 12.3. The van der Waals surface area contributed by atoms with Crippen LogP contribution in [-0.4, -0.2) is 21.9 Å². The molecule has 0 fully saturated rings. The molecule has 0 saturated heterocycles. The molecular weight excluding hydrogens is 469 g/mol. The Morgan fingerprint density at radius 3 is 2.19 bits per heavy atom. The van der Waals surface area contributed by atoms with E-state index in [0.717, 1.165) is 31.1 Å². The Labute approximate surface area is 191 Å². The van der Waals surface area contributed by atoms with Gasteiger partial charge in [0.15, 0.2) is 27.6 Å². The Balaban J connectivity index is 1.99. The van der Waals surface area contributed by atoms with Gasteiger partial charge in [-0.25, -0.2) is 22.0 Å². The number of anilines is 1. The lowest BCUT2D eigenvalue weighted by Gasteiger charge is -2.14. The van der Waals surface area contributed by atoms with E-state index in [1.54, 1.807) is 0 Å². The van der Waals surface area contributed by atoms with E-state index in [1.165, 1.54) is 22.9 Å². The molecule has 0 bridgehead atoms. The van der Waals surface area contributed by atoms with E-state index in [-0.39, 0.29) is 5.13 Å². The van der Waals surface area contributed by atoms with Gasteiger partial charge in [0.2, 0.25) is 16.9 Å². The normalized spacial score (nSPS) is 12.6. The number of hydrogen-bond donors (Lipinski definition) is 1. The first kappa shape index (κ1) is 26.0. The number of carbonyl (C=O) groups excluding carboxylic acids is 1. The second-order valence-corrected chi connectivity index (χ2v) is 9.49. The molecule has 1 unspecified atom stereocenters. The summed E-state index contributed by atoms with van der Waals surface area (Å²) in [6.07, 6.45) is 6.14. The van der Waals surface area contributed by atoms with Gasteiger partial charge in [0.05, 0.1) is 5.92 Å². The molecule has 0 spiro atoms. The fraction of sp³-hybridized carbons (Fsp3) is 0.381. The first-order valence-electron chi connectivity index (χ1n) is 9.60. The highest BCUT2D eigenvalue weighted by Gasteiger charge is 2.31. The molecule has 32 heavy (non-hydrogen) atoms. The number of nitrogens with one attached hydrogen (secondary N) is 1. The number of thioether (sulfide) groups is 1. The number of amides is 1. The second-order valence-electron chi connectivity index (χ2n) is 7.25. The lowest BCUT2D eigenvalue weighted by molar-refractivity contribution is -0.117. The first-order chi connectivity index (χ1) is 15.0. The minimum Gasteiger partial charge on any atom is -0.300 e. The summed E-state index contributed by atoms with van der Waals surface area (Å²) in [5, 5.41) is 10.1. The molecule has 1 aromatic carbocycles. The molecule has 1 aromatic heterocycles. The summed E-state index contributed by atoms with van der Waals surface area (Å²) in [5.74, 6) is -12.5. The van der Waals surface area contributed by atoms with Gasteiger partial charge in [-0.3, -0.25) is 10.1 Å². The minimum absolute atomic E-state index is 0.0532. The summed E-state index contributed by atoms with van der Waals surface area (Å²) in [7, 11) is 0. The molecule has 0 radical (unpaired) electrons. The quantitative estimate of drug-likeness (QED) is 0.105. The van der Waals surface area contributed by atoms with Crippen LogP contribution in [0.15, 0.2) is 27.6 Å². The van der Waals surface area contributed by atoms with Crippen molar-refractivity contribution in [3.8, 4) is 0 Å². The highest BCUT2D eigenvalue weighted by atomic mass is 32.2. The molecule has 0 aliphatic heterocycles. The summed E-state index contributed by atoms with van der Waals surface area (Å²) >= 11 is 2.43. The van der Waals surface area contributed by atoms with E-state index in [4.69, 9.17) is 0 Å². The second kappa shape index (κ2) is 11.6. The van der Waals surface area contributed by atoms with E-state index in [2.05, 4.69) is 27.7 Å². The van der Waals surface area contributed by atoms with Gasteiger partial charge >= 0.3 is 0 Å². The lowest BCUT2D eigenvalue weighted by Crippen LogP contribution is -2.22. The number of benzene rings is 1. The van der Waals surface area contributed by atoms with Crippen LogP contribution in [0.3, 0.4) is 0 Å². The zero-order valence-corrected chi connectivity index (χ0v) is 19.5. The topological polar surface area (TPSA) is 54.9 Å². The maximum Gasteiger partial charge on any atom is 0.233 e. The fourth-order valence-corrected chi connectivity index (χ4v) is 4.38. The number of rotatable bonds is 9. The van der Waals surface area contributed by atoms with E-state index in [9.17, 15) is 26.7 Å². The average molecular weight is 492 g/mol. The third-order valence-electron chi connectivity index (χ3n) is 4.44. The number of aromatic nitrogens is 2. The molecule has 1 amide bonds. The molecule has 1 heterocycles. The molecule has 174 valence electrons. The Kier molecular flexibility index (Phi) is 9.38. The predicted molar refractivity (Wildman–Crippen MR) is 116 cm³/mol. The predicted octanol–water partition coefficient (Wildman–Crippen LogP) is 6.76. The molecule has 0 aliphatic rings. The van der Waals surface area contributed by atoms with Crippen LogP contribution in [0.1, 0.15) is 52.0 Å². The van der Waals surface area contributed by atoms with E-state index >= 15 is 0 Å². The molecule has 0 saturated carbocycles. The van der Waals surface area contributed by atoms with Crippen molar-refractivity contribution in [3.63, 3.8) is 0 Å². The molecule has 2 aromatic rings. The molecule has 2 rings (SSSR count). The first-order valence-corrected chi connectivity index (χ1v) is 11.4. The van der Waals surface area contributed by atoms with Gasteiger partial charge in [-0.05, 0) is 40.5 Å². The van der Waals surface area contributed by atoms with Crippen LogP contribution in [0, 0.1) is 29.1 Å². The SMILES string of the molecule is CC(C)=CCC/C(C)=C/CSc1nnc(NC(=O)C(C)c2c(F)c(F)c(F)c(F)c2F)s1. The van der Waals surface area contributed by atoms with Crippen molar-refractivity contribution < 1.29 is 26.7 Å². The number of allylic oxidation sites excluding steroid dienone is 3. The summed E-state index contributed by atoms with van der Waals surface area (Å²) in [6.45, 7) is 7.16. The van der Waals surface area contributed by atoms with Crippen molar-refractivity contribution >= 4 is 34.1 Å². The maximum absolute atomic E-state index is 13.9. The number of nitrogens with zero attached hydrogens (tertiary/aromatic N) is 2. The van der Waals surface area contributed by atoms with Crippen molar-refractivity contribution in [2.45, 2.75) is 50.8 Å². The van der Waals surface area contributed by atoms with Crippen molar-refractivity contribution in [3.05, 3.63) is 57.9 Å². The van der Waals surface area contributed by atoms with Crippen LogP contribution in [0.2, 0.25) is 0 Å². The van der Waals surface area contributed by atoms with Crippen molar-refractivity contribution in [2.75, 3.05) is 11.1 Å². The molecular formula is C21H22F5N3OS2. The highest BCUT2D eigenvalue weighted by molar-refractivity contribution is 8.01. The zero-order chi connectivity index (χ0) is 24.0. The molecule has 1 atom stereocenters. The van der Waals surface area contributed by atoms with Gasteiger partial charge in [-0.15, -0.1) is 10.2 Å². The van der Waals surface area contributed by atoms with E-state index < -0.39 is 46.5 Å². The monoisotopic (exact) mass is 491 g/mol. The molecule has 11 heteroatoms. The van der Waals surface area contributed by atoms with Gasteiger partial charge < -0.3 is 0 Å². The number of halogens is 5. The Hall–Kier alpha value is -2.27. The zero-order valence-electron chi connectivity index (χ0n) is 17.9. The molecule has 0 aliphatic carbocycles. The van der Waals surface area contributed by atoms with Crippen LogP contribution in [0.4, 0.5) is 27.1 Å². The van der Waals surface area contributed by atoms with Gasteiger partial charge in [0.25, 0.3) is 0 Å². The van der Waals surface area contributed by atoms with Gasteiger partial charge in [0, 0.05) is 11.3 Å². The average Bonchev–Trinajstić information content (AvgIpc) is 3.17. The summed E-state index contributed by atoms with van der Waals surface area (Å²) in [5.41, 5.74) is 1.29. The van der Waals surface area contributed by atoms with Crippen LogP contribution in [0.5, 0.6) is 0 Å². The highest BCUT2D eigenvalue weighted by Crippen LogP contribution is 2.31. The van der Waals surface area contributed by atoms with Crippen molar-refractivity contribution in [1.82, 2.24) is 10.2 Å². The van der Waals surface area contributed by atoms with E-state index in [0.29, 0.717) is 10.1 Å². The smallest absolute Gasteiger partial charge is 0.233 e. The number of hydrogen-bond acceptors (Lipinski definition) is 5. The van der Waals surface area contributed by atoms with Crippen LogP contribution >= 0.6 is 23.1 Å². The summed E-state index contributed by atoms with van der Waals surface area (Å²) < 4.78 is 68.5. The van der Waals surface area contributed by atoms with Crippen LogP contribution in [-0.2, 0) is 4.79 Å². The van der Waals surface area contributed by atoms with Gasteiger partial charge in [-0.1, -0.05) is 46.4 Å². The molecule has 1 N–H and O–H groups in total. The lowest BCUT2D eigenvalue weighted by atomic mass is 9.98. The Morgan fingerprint density at radius 1 is 1.00 bits per heavy atom. The third kappa shape index (κ3) is 6.61. The van der Waals surface area contributed by atoms with Gasteiger partial charge in [0.1, 0.15) is 0 Å². The van der Waals surface area contributed by atoms with Crippen LogP contribution < -0.4 is 5.32 Å². The maximum atomic E-state index is 13.9. The van der Waals surface area contributed by atoms with Gasteiger partial charge in [-0.2, -0.15) is 0 Å². The summed E-state index contributed by atoms with van der Waals surface area (Å²) in [6, 6.07) is 0. The Morgan fingerprint density at radius 2 is 1.59 bits per heavy atom. The third-order valence-corrected chi connectivity index (χ3v) is 6.34. The number of carbonyl (C=O) groups is 1. The molecule has 4 nitrogen and oxygen atoms in total. The van der Waals surface area contributed by atoms with Crippen molar-refractivity contribution in [2.24, 2.45) is 0 Å².